The minimum absolute atomic E-state index is 0.169. The van der Waals surface area contributed by atoms with Crippen molar-refractivity contribution in [3.05, 3.63) is 35.9 Å². The average molecular weight is 308 g/mol. The Morgan fingerprint density at radius 3 is 2.29 bits per heavy atom. The zero-order chi connectivity index (χ0) is 15.8. The van der Waals surface area contributed by atoms with Crippen molar-refractivity contribution < 1.29 is 9.59 Å². The lowest BCUT2D eigenvalue weighted by atomic mass is 10.1. The maximum Gasteiger partial charge on any atom is 0.242 e. The third kappa shape index (κ3) is 6.67. The zero-order valence-electron chi connectivity index (χ0n) is 12.8. The molecule has 1 rings (SSSR count). The first-order valence-corrected chi connectivity index (χ1v) is 7.72. The molecule has 2 amide bonds. The van der Waals surface area contributed by atoms with Crippen molar-refractivity contribution in [3.8, 4) is 0 Å². The van der Waals surface area contributed by atoms with Gasteiger partial charge in [0, 0.05) is 6.54 Å². The minimum Gasteiger partial charge on any atom is -0.354 e. The summed E-state index contributed by atoms with van der Waals surface area (Å²) in [6.07, 6.45) is 0.538. The number of carbonyl (C=O) groups is 2. The number of benzene rings is 1. The second-order valence-electron chi connectivity index (χ2n) is 5.57. The van der Waals surface area contributed by atoms with Crippen LogP contribution in [0.4, 0.5) is 0 Å². The van der Waals surface area contributed by atoms with E-state index in [9.17, 15) is 9.59 Å². The maximum atomic E-state index is 12.0. The van der Waals surface area contributed by atoms with E-state index < -0.39 is 11.3 Å². The van der Waals surface area contributed by atoms with Gasteiger partial charge < -0.3 is 10.6 Å². The maximum absolute atomic E-state index is 12.0. The molecule has 1 aromatic rings. The molecule has 0 aromatic heterocycles. The Morgan fingerprint density at radius 2 is 1.71 bits per heavy atom. The fourth-order valence-electron chi connectivity index (χ4n) is 1.76. The van der Waals surface area contributed by atoms with Gasteiger partial charge in [-0.2, -0.15) is 12.6 Å². The van der Waals surface area contributed by atoms with Gasteiger partial charge in [-0.1, -0.05) is 44.2 Å². The summed E-state index contributed by atoms with van der Waals surface area (Å²) in [6.45, 7) is 6.32. The molecule has 4 nitrogen and oxygen atoms in total. The van der Waals surface area contributed by atoms with E-state index in [4.69, 9.17) is 0 Å². The molecule has 2 atom stereocenters. The molecule has 2 unspecified atom stereocenters. The van der Waals surface area contributed by atoms with Crippen LogP contribution in [0.1, 0.15) is 26.3 Å². The number of rotatable bonds is 7. The molecular formula is C16H24N2O2S. The predicted octanol–water partition coefficient (Wildman–Crippen LogP) is 1.80. The van der Waals surface area contributed by atoms with Crippen LogP contribution in [0.2, 0.25) is 0 Å². The molecule has 21 heavy (non-hydrogen) atoms. The molecule has 116 valence electrons. The van der Waals surface area contributed by atoms with Gasteiger partial charge in [-0.25, -0.2) is 0 Å². The van der Waals surface area contributed by atoms with Gasteiger partial charge in [-0.15, -0.1) is 0 Å². The quantitative estimate of drug-likeness (QED) is 0.673. The van der Waals surface area contributed by atoms with Crippen molar-refractivity contribution in [1.82, 2.24) is 10.6 Å². The summed E-state index contributed by atoms with van der Waals surface area (Å²) in [5.41, 5.74) is 1.05. The molecule has 5 heteroatoms. The van der Waals surface area contributed by atoms with Crippen LogP contribution in [0.3, 0.4) is 0 Å². The number of amides is 2. The molecule has 0 radical (unpaired) electrons. The number of hydrogen-bond acceptors (Lipinski definition) is 3. The largest absolute Gasteiger partial charge is 0.354 e. The molecule has 0 spiro atoms. The third-order valence-electron chi connectivity index (χ3n) is 3.01. The van der Waals surface area contributed by atoms with Gasteiger partial charge in [0.15, 0.2) is 0 Å². The Hall–Kier alpha value is -1.49. The van der Waals surface area contributed by atoms with E-state index >= 15 is 0 Å². The first-order chi connectivity index (χ1) is 9.90. The highest BCUT2D eigenvalue weighted by Gasteiger charge is 2.20. The molecule has 0 fully saturated rings. The van der Waals surface area contributed by atoms with Crippen LogP contribution < -0.4 is 10.6 Å². The zero-order valence-corrected chi connectivity index (χ0v) is 13.7. The van der Waals surface area contributed by atoms with Crippen molar-refractivity contribution in [2.24, 2.45) is 5.92 Å². The lowest BCUT2D eigenvalue weighted by Gasteiger charge is -2.17. The molecule has 0 heterocycles. The van der Waals surface area contributed by atoms with Gasteiger partial charge in [0.2, 0.25) is 11.8 Å². The Kier molecular flexibility index (Phi) is 7.29. The molecule has 0 bridgehead atoms. The van der Waals surface area contributed by atoms with Crippen LogP contribution in [0.5, 0.6) is 0 Å². The van der Waals surface area contributed by atoms with Crippen molar-refractivity contribution in [2.75, 3.05) is 6.54 Å². The number of carbonyl (C=O) groups excluding carboxylic acids is 2. The van der Waals surface area contributed by atoms with E-state index in [-0.39, 0.29) is 11.8 Å². The van der Waals surface area contributed by atoms with Crippen molar-refractivity contribution >= 4 is 24.4 Å². The van der Waals surface area contributed by atoms with Gasteiger partial charge in [0.25, 0.3) is 0 Å². The van der Waals surface area contributed by atoms with Crippen LogP contribution in [0.15, 0.2) is 30.3 Å². The topological polar surface area (TPSA) is 58.2 Å². The van der Waals surface area contributed by atoms with E-state index in [1.807, 2.05) is 44.2 Å². The molecule has 0 saturated heterocycles. The summed E-state index contributed by atoms with van der Waals surface area (Å²) in [6, 6.07) is 9.13. The summed E-state index contributed by atoms with van der Waals surface area (Å²) in [4.78, 5) is 23.8. The summed E-state index contributed by atoms with van der Waals surface area (Å²) >= 11 is 4.32. The normalized spacial score (nSPS) is 13.6. The van der Waals surface area contributed by atoms with Crippen LogP contribution in [0, 0.1) is 5.92 Å². The Labute approximate surface area is 132 Å². The fraction of sp³-hybridized carbons (Fsp3) is 0.500. The van der Waals surface area contributed by atoms with Gasteiger partial charge in [-0.05, 0) is 24.8 Å². The Balaban J connectivity index is 2.42. The summed E-state index contributed by atoms with van der Waals surface area (Å²) in [7, 11) is 0. The second kappa shape index (κ2) is 8.72. The summed E-state index contributed by atoms with van der Waals surface area (Å²) < 4.78 is 0. The average Bonchev–Trinajstić information content (AvgIpc) is 2.45. The lowest BCUT2D eigenvalue weighted by molar-refractivity contribution is -0.128. The highest BCUT2D eigenvalue weighted by molar-refractivity contribution is 7.81. The summed E-state index contributed by atoms with van der Waals surface area (Å²) in [5, 5.41) is 5.03. The first kappa shape index (κ1) is 17.6. The lowest BCUT2D eigenvalue weighted by Crippen LogP contribution is -2.48. The monoisotopic (exact) mass is 308 g/mol. The highest BCUT2D eigenvalue weighted by Crippen LogP contribution is 2.08. The second-order valence-corrected chi connectivity index (χ2v) is 6.20. The van der Waals surface area contributed by atoms with E-state index in [2.05, 4.69) is 23.3 Å². The Morgan fingerprint density at radius 1 is 1.10 bits per heavy atom. The Bertz CT molecular complexity index is 463. The van der Waals surface area contributed by atoms with Gasteiger partial charge in [0.1, 0.15) is 6.04 Å². The van der Waals surface area contributed by atoms with E-state index in [1.165, 1.54) is 0 Å². The minimum atomic E-state index is -0.554. The standard InChI is InChI=1S/C16H24N2O2S/c1-11(2)10-17-15(19)12(3)18-16(20)14(21)9-13-7-5-4-6-8-13/h4-8,11-12,14,21H,9-10H2,1-3H3,(H,17,19)(H,18,20). The van der Waals surface area contributed by atoms with Crippen LogP contribution >= 0.6 is 12.6 Å². The van der Waals surface area contributed by atoms with E-state index in [0.717, 1.165) is 5.56 Å². The molecule has 1 aromatic carbocycles. The first-order valence-electron chi connectivity index (χ1n) is 7.20. The van der Waals surface area contributed by atoms with E-state index in [0.29, 0.717) is 18.9 Å². The van der Waals surface area contributed by atoms with Crippen molar-refractivity contribution in [3.63, 3.8) is 0 Å². The predicted molar refractivity (Wildman–Crippen MR) is 88.4 cm³/mol. The van der Waals surface area contributed by atoms with Crippen LogP contribution in [-0.2, 0) is 16.0 Å². The van der Waals surface area contributed by atoms with Gasteiger partial charge >= 0.3 is 0 Å². The number of thiol groups is 1. The molecule has 0 aliphatic carbocycles. The molecule has 0 aliphatic heterocycles. The van der Waals surface area contributed by atoms with Crippen LogP contribution in [0.25, 0.3) is 0 Å². The number of hydrogen-bond donors (Lipinski definition) is 3. The van der Waals surface area contributed by atoms with Crippen molar-refractivity contribution in [2.45, 2.75) is 38.5 Å². The van der Waals surface area contributed by atoms with Gasteiger partial charge in [0.05, 0.1) is 5.25 Å². The van der Waals surface area contributed by atoms with Gasteiger partial charge in [-0.3, -0.25) is 9.59 Å². The van der Waals surface area contributed by atoms with Crippen molar-refractivity contribution in [1.29, 1.82) is 0 Å². The molecular weight excluding hydrogens is 284 g/mol. The molecule has 0 aliphatic rings. The van der Waals surface area contributed by atoms with Crippen LogP contribution in [-0.4, -0.2) is 29.7 Å². The third-order valence-corrected chi connectivity index (χ3v) is 3.43. The summed E-state index contributed by atoms with van der Waals surface area (Å²) in [5.74, 6) is -0.0146. The number of nitrogens with one attached hydrogen (secondary N) is 2. The molecule has 2 N–H and O–H groups in total. The highest BCUT2D eigenvalue weighted by atomic mass is 32.1. The molecule has 0 saturated carbocycles. The van der Waals surface area contributed by atoms with E-state index in [1.54, 1.807) is 6.92 Å². The SMILES string of the molecule is CC(C)CNC(=O)C(C)NC(=O)C(S)Cc1ccccc1. The smallest absolute Gasteiger partial charge is 0.242 e. The fourth-order valence-corrected chi connectivity index (χ4v) is 2.05.